The number of H-pyrrole nitrogens is 1. The van der Waals surface area contributed by atoms with Gasteiger partial charge in [0.1, 0.15) is 0 Å². The minimum atomic E-state index is 0.494. The molecule has 0 atom stereocenters. The first-order valence-corrected chi connectivity index (χ1v) is 5.15. The van der Waals surface area contributed by atoms with Crippen LogP contribution < -0.4 is 5.32 Å². The maximum Gasteiger partial charge on any atom is 0.204 e. The second kappa shape index (κ2) is 4.13. The number of nitrogens with zero attached hydrogens (tertiary/aromatic N) is 1. The second-order valence-corrected chi connectivity index (χ2v) is 3.93. The summed E-state index contributed by atoms with van der Waals surface area (Å²) in [6.45, 7) is 1.93. The van der Waals surface area contributed by atoms with E-state index in [1.54, 1.807) is 12.3 Å². The van der Waals surface area contributed by atoms with Crippen LogP contribution in [0.2, 0.25) is 10.0 Å². The number of aromatic amines is 1. The molecule has 0 unspecified atom stereocenters. The molecule has 0 saturated heterocycles. The van der Waals surface area contributed by atoms with Crippen LogP contribution in [0.1, 0.15) is 5.69 Å². The fraction of sp³-hybridized carbons (Fsp3) is 0.100. The summed E-state index contributed by atoms with van der Waals surface area (Å²) in [5.74, 6) is 0.650. The van der Waals surface area contributed by atoms with Gasteiger partial charge in [0.05, 0.1) is 15.7 Å². The van der Waals surface area contributed by atoms with Crippen LogP contribution in [-0.2, 0) is 0 Å². The summed E-state index contributed by atoms with van der Waals surface area (Å²) >= 11 is 11.9. The van der Waals surface area contributed by atoms with Crippen molar-refractivity contribution in [1.82, 2.24) is 9.97 Å². The zero-order valence-corrected chi connectivity index (χ0v) is 9.52. The Hall–Kier alpha value is -1.19. The Balaban J connectivity index is 2.28. The Bertz CT molecular complexity index is 479. The highest BCUT2D eigenvalue weighted by atomic mass is 35.5. The second-order valence-electron chi connectivity index (χ2n) is 3.14. The van der Waals surface area contributed by atoms with E-state index in [9.17, 15) is 0 Å². The van der Waals surface area contributed by atoms with Crippen LogP contribution in [0.25, 0.3) is 0 Å². The molecule has 0 bridgehead atoms. The monoisotopic (exact) mass is 241 g/mol. The summed E-state index contributed by atoms with van der Waals surface area (Å²) < 4.78 is 0. The maximum atomic E-state index is 6.01. The van der Waals surface area contributed by atoms with Crippen LogP contribution in [-0.4, -0.2) is 9.97 Å². The van der Waals surface area contributed by atoms with Crippen molar-refractivity contribution >= 4 is 34.8 Å². The fourth-order valence-electron chi connectivity index (χ4n) is 1.20. The standard InChI is InChI=1S/C10H9Cl2N3/c1-6-5-13-10(14-6)15-8-4-2-3-7(11)9(8)12/h2-5H,1H3,(H2,13,14,15). The molecular formula is C10H9Cl2N3. The van der Waals surface area contributed by atoms with Gasteiger partial charge in [-0.3, -0.25) is 0 Å². The van der Waals surface area contributed by atoms with Crippen LogP contribution in [0.3, 0.4) is 0 Å². The molecule has 0 aliphatic heterocycles. The molecule has 1 heterocycles. The average Bonchev–Trinajstić information content (AvgIpc) is 2.59. The molecule has 0 aliphatic rings. The third-order valence-corrected chi connectivity index (χ3v) is 2.73. The Labute approximate surface area is 97.4 Å². The third-order valence-electron chi connectivity index (χ3n) is 1.91. The van der Waals surface area contributed by atoms with Gasteiger partial charge >= 0.3 is 0 Å². The van der Waals surface area contributed by atoms with Crippen molar-refractivity contribution in [1.29, 1.82) is 0 Å². The summed E-state index contributed by atoms with van der Waals surface area (Å²) in [6, 6.07) is 5.40. The minimum Gasteiger partial charge on any atom is -0.328 e. The molecule has 0 aliphatic carbocycles. The quantitative estimate of drug-likeness (QED) is 0.841. The fourth-order valence-corrected chi connectivity index (χ4v) is 1.55. The molecule has 0 amide bonds. The SMILES string of the molecule is Cc1cnc(Nc2cccc(Cl)c2Cl)[nH]1. The minimum absolute atomic E-state index is 0.494. The largest absolute Gasteiger partial charge is 0.328 e. The van der Waals surface area contributed by atoms with Gasteiger partial charge in [0.25, 0.3) is 0 Å². The summed E-state index contributed by atoms with van der Waals surface area (Å²) in [4.78, 5) is 7.16. The van der Waals surface area contributed by atoms with E-state index in [1.165, 1.54) is 0 Å². The molecule has 2 N–H and O–H groups in total. The molecule has 5 heteroatoms. The average molecular weight is 242 g/mol. The first kappa shape index (κ1) is 10.3. The van der Waals surface area contributed by atoms with Crippen molar-refractivity contribution in [2.24, 2.45) is 0 Å². The van der Waals surface area contributed by atoms with Gasteiger partial charge in [0.15, 0.2) is 0 Å². The number of imidazole rings is 1. The normalized spacial score (nSPS) is 10.3. The van der Waals surface area contributed by atoms with E-state index >= 15 is 0 Å². The number of halogens is 2. The van der Waals surface area contributed by atoms with Gasteiger partial charge in [-0.1, -0.05) is 29.3 Å². The lowest BCUT2D eigenvalue weighted by atomic mass is 10.3. The van der Waals surface area contributed by atoms with Gasteiger partial charge in [0.2, 0.25) is 5.95 Å². The number of anilines is 2. The zero-order valence-electron chi connectivity index (χ0n) is 8.01. The first-order valence-electron chi connectivity index (χ1n) is 4.39. The lowest BCUT2D eigenvalue weighted by Crippen LogP contribution is -1.93. The smallest absolute Gasteiger partial charge is 0.204 e. The van der Waals surface area contributed by atoms with E-state index in [1.807, 2.05) is 19.1 Å². The topological polar surface area (TPSA) is 40.7 Å². The molecule has 1 aromatic carbocycles. The zero-order chi connectivity index (χ0) is 10.8. The van der Waals surface area contributed by atoms with Gasteiger partial charge in [-0.05, 0) is 19.1 Å². The highest BCUT2D eigenvalue weighted by Gasteiger charge is 2.05. The van der Waals surface area contributed by atoms with E-state index in [-0.39, 0.29) is 0 Å². The van der Waals surface area contributed by atoms with E-state index in [0.717, 1.165) is 11.4 Å². The van der Waals surface area contributed by atoms with Crippen LogP contribution >= 0.6 is 23.2 Å². The Morgan fingerprint density at radius 2 is 2.13 bits per heavy atom. The van der Waals surface area contributed by atoms with Crippen molar-refractivity contribution in [3.63, 3.8) is 0 Å². The summed E-state index contributed by atoms with van der Waals surface area (Å²) in [5, 5.41) is 4.06. The van der Waals surface area contributed by atoms with Crippen LogP contribution in [0.15, 0.2) is 24.4 Å². The summed E-state index contributed by atoms with van der Waals surface area (Å²) in [6.07, 6.45) is 1.74. The number of nitrogens with one attached hydrogen (secondary N) is 2. The van der Waals surface area contributed by atoms with E-state index in [2.05, 4.69) is 15.3 Å². The van der Waals surface area contributed by atoms with E-state index in [0.29, 0.717) is 16.0 Å². The molecular weight excluding hydrogens is 233 g/mol. The van der Waals surface area contributed by atoms with Gasteiger partial charge in [0, 0.05) is 11.9 Å². The molecule has 0 fully saturated rings. The third kappa shape index (κ3) is 2.25. The van der Waals surface area contributed by atoms with Gasteiger partial charge < -0.3 is 10.3 Å². The number of benzene rings is 1. The van der Waals surface area contributed by atoms with Crippen molar-refractivity contribution in [2.45, 2.75) is 6.92 Å². The lowest BCUT2D eigenvalue weighted by Gasteiger charge is -2.05. The Morgan fingerprint density at radius 1 is 1.33 bits per heavy atom. The van der Waals surface area contributed by atoms with Gasteiger partial charge in [-0.15, -0.1) is 0 Å². The van der Waals surface area contributed by atoms with Crippen molar-refractivity contribution in [3.05, 3.63) is 40.1 Å². The predicted molar refractivity (Wildman–Crippen MR) is 63.1 cm³/mol. The van der Waals surface area contributed by atoms with Crippen molar-refractivity contribution < 1.29 is 0 Å². The van der Waals surface area contributed by atoms with Crippen LogP contribution in [0.4, 0.5) is 11.6 Å². The lowest BCUT2D eigenvalue weighted by molar-refractivity contribution is 1.24. The molecule has 15 heavy (non-hydrogen) atoms. The number of rotatable bonds is 2. The molecule has 3 nitrogen and oxygen atoms in total. The number of aromatic nitrogens is 2. The van der Waals surface area contributed by atoms with Gasteiger partial charge in [-0.2, -0.15) is 0 Å². The van der Waals surface area contributed by atoms with Crippen LogP contribution in [0, 0.1) is 6.92 Å². The molecule has 0 saturated carbocycles. The van der Waals surface area contributed by atoms with E-state index < -0.39 is 0 Å². The van der Waals surface area contributed by atoms with E-state index in [4.69, 9.17) is 23.2 Å². The first-order chi connectivity index (χ1) is 7.16. The summed E-state index contributed by atoms with van der Waals surface area (Å²) in [7, 11) is 0. The molecule has 0 radical (unpaired) electrons. The highest BCUT2D eigenvalue weighted by molar-refractivity contribution is 6.43. The maximum absolute atomic E-state index is 6.01. The molecule has 0 spiro atoms. The van der Waals surface area contributed by atoms with Gasteiger partial charge in [-0.25, -0.2) is 4.98 Å². The highest BCUT2D eigenvalue weighted by Crippen LogP contribution is 2.30. The Morgan fingerprint density at radius 3 is 2.80 bits per heavy atom. The number of hydrogen-bond acceptors (Lipinski definition) is 2. The number of hydrogen-bond donors (Lipinski definition) is 2. The molecule has 2 aromatic rings. The summed E-state index contributed by atoms with van der Waals surface area (Å²) in [5.41, 5.74) is 1.72. The molecule has 1 aromatic heterocycles. The number of aryl methyl sites for hydroxylation is 1. The van der Waals surface area contributed by atoms with Crippen molar-refractivity contribution in [3.8, 4) is 0 Å². The molecule has 78 valence electrons. The van der Waals surface area contributed by atoms with Crippen molar-refractivity contribution in [2.75, 3.05) is 5.32 Å². The molecule has 2 rings (SSSR count). The van der Waals surface area contributed by atoms with Crippen LogP contribution in [0.5, 0.6) is 0 Å². The predicted octanol–water partition coefficient (Wildman–Crippen LogP) is 3.77. The Kier molecular flexibility index (Phi) is 2.84.